The van der Waals surface area contributed by atoms with Crippen molar-refractivity contribution in [2.45, 2.75) is 6.92 Å². The summed E-state index contributed by atoms with van der Waals surface area (Å²) >= 11 is 0. The molecule has 0 aromatic heterocycles. The molecule has 0 radical (unpaired) electrons. The second kappa shape index (κ2) is 16.1. The van der Waals surface area contributed by atoms with E-state index in [1.165, 1.54) is 0 Å². The molecular weight excluding hydrogens is 184 g/mol. The summed E-state index contributed by atoms with van der Waals surface area (Å²) in [5.74, 6) is -1.08. The third-order valence-corrected chi connectivity index (χ3v) is 0. The fraction of sp³-hybridized carbons (Fsp3) is 0.500. The van der Waals surface area contributed by atoms with Crippen LogP contribution in [0.5, 0.6) is 0 Å². The maximum Gasteiger partial charge on any atom is 2.00 e. The van der Waals surface area contributed by atoms with Crippen LogP contribution in [0.2, 0.25) is 0 Å². The van der Waals surface area contributed by atoms with E-state index in [-0.39, 0.29) is 39.6 Å². The Morgan fingerprint density at radius 2 is 1.43 bits per heavy atom. The van der Waals surface area contributed by atoms with E-state index in [4.69, 9.17) is 9.90 Å². The molecule has 0 atom stereocenters. The number of hydrogen-bond acceptors (Lipinski definition) is 3. The first kappa shape index (κ1) is 26.0. The van der Waals surface area contributed by atoms with Crippen LogP contribution in [0.25, 0.3) is 0 Å². The predicted octanol–water partition coefficient (Wildman–Crippen LogP) is -1.43. The van der Waals surface area contributed by atoms with Gasteiger partial charge in [-0.05, 0) is 6.92 Å². The molecule has 0 spiro atoms. The van der Waals surface area contributed by atoms with E-state index in [0.29, 0.717) is 0 Å². The number of carbonyl (C=O) groups excluding carboxylic acids is 1. The van der Waals surface area contributed by atoms with E-state index in [1.54, 1.807) is 0 Å². The molecule has 0 saturated heterocycles. The Labute approximate surface area is 62.7 Å². The molecule has 0 saturated carbocycles. The standard InChI is InChI=1S/C2H4O2.2Fe.H2O/c1-2(3)4;;;/h1H3,(H,3,4);;;1H2/q;2*+2;/p-2. The van der Waals surface area contributed by atoms with Crippen molar-refractivity contribution in [2.75, 3.05) is 0 Å². The van der Waals surface area contributed by atoms with Crippen LogP contribution in [0.1, 0.15) is 6.92 Å². The third kappa shape index (κ3) is 587. The fourth-order valence-corrected chi connectivity index (χ4v) is 0. The molecule has 0 heterocycles. The Kier molecular flexibility index (Phi) is 59.7. The second-order valence-electron chi connectivity index (χ2n) is 0.492. The predicted molar refractivity (Wildman–Crippen MR) is 12.6 cm³/mol. The molecular formula is C2H4Fe2O3+2. The van der Waals surface area contributed by atoms with E-state index in [2.05, 4.69) is 0 Å². The van der Waals surface area contributed by atoms with Crippen molar-refractivity contribution >= 4 is 5.97 Å². The van der Waals surface area contributed by atoms with Crippen molar-refractivity contribution in [3.63, 3.8) is 0 Å². The number of carbonyl (C=O) groups is 1. The van der Waals surface area contributed by atoms with Gasteiger partial charge >= 0.3 is 34.1 Å². The Balaban J connectivity index is -0.0000000150. The van der Waals surface area contributed by atoms with E-state index in [1.807, 2.05) is 0 Å². The van der Waals surface area contributed by atoms with Gasteiger partial charge in [0.15, 0.2) is 0 Å². The summed E-state index contributed by atoms with van der Waals surface area (Å²) in [6.07, 6.45) is 0. The zero-order chi connectivity index (χ0) is 3.58. The average Bonchev–Trinajstić information content (AvgIpc) is 0.811. The van der Waals surface area contributed by atoms with Gasteiger partial charge in [-0.3, -0.25) is 0 Å². The Hall–Kier alpha value is 0.469. The molecule has 0 bridgehead atoms. The topological polar surface area (TPSA) is 70.1 Å². The SMILES string of the molecule is CC(=O)[O-].[Fe+2].[Fe+2].[OH-]. The van der Waals surface area contributed by atoms with Crippen LogP contribution >= 0.6 is 0 Å². The zero-order valence-electron chi connectivity index (χ0n) is 3.47. The van der Waals surface area contributed by atoms with Crippen molar-refractivity contribution in [2.24, 2.45) is 0 Å². The van der Waals surface area contributed by atoms with Crippen molar-refractivity contribution in [1.29, 1.82) is 0 Å². The van der Waals surface area contributed by atoms with Gasteiger partial charge in [-0.1, -0.05) is 0 Å². The first-order valence-electron chi connectivity index (χ1n) is 0.908. The maximum atomic E-state index is 8.89. The van der Waals surface area contributed by atoms with E-state index in [0.717, 1.165) is 6.92 Å². The summed E-state index contributed by atoms with van der Waals surface area (Å²) in [5, 5.41) is 8.89. The summed E-state index contributed by atoms with van der Waals surface area (Å²) < 4.78 is 0. The van der Waals surface area contributed by atoms with Gasteiger partial charge in [-0.15, -0.1) is 0 Å². The van der Waals surface area contributed by atoms with Crippen LogP contribution in [-0.2, 0) is 38.9 Å². The minimum Gasteiger partial charge on any atom is -0.870 e. The molecule has 0 rings (SSSR count). The van der Waals surface area contributed by atoms with Crippen LogP contribution in [-0.4, -0.2) is 11.4 Å². The summed E-state index contributed by atoms with van der Waals surface area (Å²) in [7, 11) is 0. The Morgan fingerprint density at radius 3 is 1.43 bits per heavy atom. The molecule has 44 valence electrons. The van der Waals surface area contributed by atoms with E-state index >= 15 is 0 Å². The van der Waals surface area contributed by atoms with Crippen LogP contribution in [0, 0.1) is 0 Å². The Morgan fingerprint density at radius 1 is 1.43 bits per heavy atom. The van der Waals surface area contributed by atoms with Crippen molar-refractivity contribution in [3.8, 4) is 0 Å². The van der Waals surface area contributed by atoms with Gasteiger partial charge in [0.25, 0.3) is 0 Å². The quantitative estimate of drug-likeness (QED) is 0.437. The number of aliphatic carboxylic acids is 1. The molecule has 1 N–H and O–H groups in total. The zero-order valence-corrected chi connectivity index (χ0v) is 5.68. The number of rotatable bonds is 0. The first-order chi connectivity index (χ1) is 1.73. The van der Waals surface area contributed by atoms with Crippen molar-refractivity contribution in [1.82, 2.24) is 0 Å². The van der Waals surface area contributed by atoms with Crippen molar-refractivity contribution in [3.05, 3.63) is 0 Å². The summed E-state index contributed by atoms with van der Waals surface area (Å²) in [6.45, 7) is 0.972. The van der Waals surface area contributed by atoms with Gasteiger partial charge < -0.3 is 15.4 Å². The largest absolute Gasteiger partial charge is 2.00 e. The molecule has 0 fully saturated rings. The van der Waals surface area contributed by atoms with E-state index in [9.17, 15) is 0 Å². The minimum absolute atomic E-state index is 0. The van der Waals surface area contributed by atoms with Gasteiger partial charge in [-0.2, -0.15) is 0 Å². The van der Waals surface area contributed by atoms with Gasteiger partial charge in [0, 0.05) is 5.97 Å². The molecule has 0 unspecified atom stereocenters. The number of carboxylic acids is 1. The van der Waals surface area contributed by atoms with Crippen LogP contribution < -0.4 is 5.11 Å². The molecule has 0 aliphatic heterocycles. The van der Waals surface area contributed by atoms with Crippen LogP contribution in [0.15, 0.2) is 0 Å². The molecule has 7 heavy (non-hydrogen) atoms. The third-order valence-electron chi connectivity index (χ3n) is 0. The van der Waals surface area contributed by atoms with Crippen molar-refractivity contribution < 1.29 is 49.5 Å². The molecule has 0 aliphatic carbocycles. The fourth-order valence-electron chi connectivity index (χ4n) is 0. The van der Waals surface area contributed by atoms with Crippen LogP contribution in [0.4, 0.5) is 0 Å². The average molecular weight is 188 g/mol. The van der Waals surface area contributed by atoms with Gasteiger partial charge in [0.05, 0.1) is 0 Å². The monoisotopic (exact) mass is 188 g/mol. The second-order valence-corrected chi connectivity index (χ2v) is 0.492. The first-order valence-corrected chi connectivity index (χ1v) is 0.908. The summed E-state index contributed by atoms with van der Waals surface area (Å²) in [4.78, 5) is 8.89. The molecule has 0 aromatic rings. The summed E-state index contributed by atoms with van der Waals surface area (Å²) in [5.41, 5.74) is 0. The minimum atomic E-state index is -1.08. The molecule has 0 aromatic carbocycles. The maximum absolute atomic E-state index is 8.89. The number of carboxylic acid groups (broad SMARTS) is 1. The molecule has 3 nitrogen and oxygen atoms in total. The number of hydrogen-bond donors (Lipinski definition) is 0. The van der Waals surface area contributed by atoms with Crippen LogP contribution in [0.3, 0.4) is 0 Å². The normalized spacial score (nSPS) is 3.57. The Bertz CT molecular complexity index is 33.9. The molecule has 0 aliphatic rings. The van der Waals surface area contributed by atoms with Gasteiger partial charge in [0.2, 0.25) is 0 Å². The summed E-state index contributed by atoms with van der Waals surface area (Å²) in [6, 6.07) is 0. The van der Waals surface area contributed by atoms with E-state index < -0.39 is 5.97 Å². The molecule has 5 heteroatoms. The van der Waals surface area contributed by atoms with Gasteiger partial charge in [0.1, 0.15) is 0 Å². The molecule has 0 amide bonds. The van der Waals surface area contributed by atoms with Gasteiger partial charge in [-0.25, -0.2) is 0 Å². The smallest absolute Gasteiger partial charge is 0.870 e.